The molecule has 0 aromatic carbocycles. The van der Waals surface area contributed by atoms with Crippen molar-refractivity contribution >= 4 is 34.9 Å². The van der Waals surface area contributed by atoms with Crippen molar-refractivity contribution in [2.45, 2.75) is 0 Å². The van der Waals surface area contributed by atoms with E-state index in [1.807, 2.05) is 18.2 Å². The fourth-order valence-corrected chi connectivity index (χ4v) is 5.67. The molecule has 0 fully saturated rings. The van der Waals surface area contributed by atoms with Crippen LogP contribution in [0.15, 0.2) is 23.3 Å². The van der Waals surface area contributed by atoms with E-state index in [1.165, 1.54) is 21.6 Å². The van der Waals surface area contributed by atoms with Gasteiger partial charge in [0.05, 0.1) is 10.5 Å². The molecule has 1 unspecified atom stereocenters. The summed E-state index contributed by atoms with van der Waals surface area (Å²) < 4.78 is 11.4. The van der Waals surface area contributed by atoms with Crippen LogP contribution in [-0.2, 0) is 9.36 Å². The first kappa shape index (κ1) is 13.7. The molecule has 0 saturated carbocycles. The third-order valence-corrected chi connectivity index (χ3v) is 6.78. The molecule has 0 amide bonds. The molecule has 0 aromatic rings. The van der Waals surface area contributed by atoms with Gasteiger partial charge in [-0.1, -0.05) is 22.9 Å². The van der Waals surface area contributed by atoms with Crippen molar-refractivity contribution in [2.75, 3.05) is 18.2 Å². The van der Waals surface area contributed by atoms with Crippen LogP contribution in [0.5, 0.6) is 0 Å². The zero-order valence-electron chi connectivity index (χ0n) is 8.33. The molecule has 1 atom stereocenters. The molecule has 3 N–H and O–H groups in total. The van der Waals surface area contributed by atoms with E-state index in [9.17, 15) is 14.3 Å². The summed E-state index contributed by atoms with van der Waals surface area (Å²) in [6, 6.07) is 0. The van der Waals surface area contributed by atoms with E-state index < -0.39 is 19.5 Å². The molecule has 1 aliphatic rings. The Morgan fingerprint density at radius 1 is 1.62 bits per heavy atom. The average molecular weight is 281 g/mol. The minimum Gasteiger partial charge on any atom is -0.481 e. The Balaban J connectivity index is 2.29. The SMILES string of the molecule is O=C(O)CP(=O)(O)CSSC1=CC=CCN1. The smallest absolute Gasteiger partial charge is 0.313 e. The summed E-state index contributed by atoms with van der Waals surface area (Å²) in [5.41, 5.74) is -0.0628. The Bertz CT molecular complexity index is 369. The summed E-state index contributed by atoms with van der Waals surface area (Å²) in [5.74, 6) is -1.24. The fourth-order valence-electron chi connectivity index (χ4n) is 0.928. The maximum atomic E-state index is 11.4. The Morgan fingerprint density at radius 2 is 2.38 bits per heavy atom. The van der Waals surface area contributed by atoms with Gasteiger partial charge in [-0.25, -0.2) is 0 Å². The molecule has 90 valence electrons. The predicted molar refractivity (Wildman–Crippen MR) is 67.6 cm³/mol. The number of aliphatic carboxylic acids is 1. The molecule has 0 bridgehead atoms. The van der Waals surface area contributed by atoms with Crippen molar-refractivity contribution in [2.24, 2.45) is 0 Å². The number of hydrogen-bond donors (Lipinski definition) is 3. The zero-order chi connectivity index (χ0) is 12.0. The second kappa shape index (κ2) is 6.39. The topological polar surface area (TPSA) is 86.6 Å². The van der Waals surface area contributed by atoms with Gasteiger partial charge in [-0.3, -0.25) is 9.36 Å². The molecule has 0 aromatic heterocycles. The highest BCUT2D eigenvalue weighted by molar-refractivity contribution is 8.78. The first-order chi connectivity index (χ1) is 7.49. The van der Waals surface area contributed by atoms with Crippen molar-refractivity contribution in [3.05, 3.63) is 23.3 Å². The van der Waals surface area contributed by atoms with Gasteiger partial charge in [0.15, 0.2) is 0 Å². The molecule has 1 aliphatic heterocycles. The van der Waals surface area contributed by atoms with Gasteiger partial charge in [-0.15, -0.1) is 0 Å². The van der Waals surface area contributed by atoms with Gasteiger partial charge in [0, 0.05) is 6.54 Å². The van der Waals surface area contributed by atoms with Gasteiger partial charge in [0.2, 0.25) is 7.37 Å². The number of carbonyl (C=O) groups is 1. The Morgan fingerprint density at radius 3 is 2.94 bits per heavy atom. The van der Waals surface area contributed by atoms with Crippen molar-refractivity contribution in [3.63, 3.8) is 0 Å². The molecule has 0 radical (unpaired) electrons. The standard InChI is InChI=1S/C8H12NO4PS2/c10-8(11)5-14(12,13)6-15-16-7-3-1-2-4-9-7/h1-3,9H,4-6H2,(H,10,11)(H,12,13). The van der Waals surface area contributed by atoms with E-state index in [0.29, 0.717) is 0 Å². The van der Waals surface area contributed by atoms with E-state index in [4.69, 9.17) is 5.11 Å². The highest BCUT2D eigenvalue weighted by Gasteiger charge is 2.22. The second-order valence-electron chi connectivity index (χ2n) is 3.07. The number of dihydropyridines is 1. The summed E-state index contributed by atoms with van der Waals surface area (Å²) in [6.07, 6.45) is 5.04. The van der Waals surface area contributed by atoms with Gasteiger partial charge in [0.25, 0.3) is 0 Å². The number of allylic oxidation sites excluding steroid dienone is 2. The summed E-state index contributed by atoms with van der Waals surface area (Å²) in [7, 11) is -1.02. The zero-order valence-corrected chi connectivity index (χ0v) is 10.9. The van der Waals surface area contributed by atoms with Gasteiger partial charge in [0.1, 0.15) is 6.16 Å². The third-order valence-electron chi connectivity index (χ3n) is 1.56. The summed E-state index contributed by atoms with van der Waals surface area (Å²) in [4.78, 5) is 19.6. The van der Waals surface area contributed by atoms with Crippen molar-refractivity contribution in [3.8, 4) is 0 Å². The monoisotopic (exact) mass is 281 g/mol. The number of hydrogen-bond acceptors (Lipinski definition) is 5. The number of rotatable bonds is 6. The van der Waals surface area contributed by atoms with Crippen LogP contribution in [0.1, 0.15) is 0 Å². The van der Waals surface area contributed by atoms with E-state index in [-0.39, 0.29) is 5.49 Å². The van der Waals surface area contributed by atoms with Crippen molar-refractivity contribution < 1.29 is 19.4 Å². The highest BCUT2D eigenvalue weighted by atomic mass is 33.1. The molecule has 5 nitrogen and oxygen atoms in total. The normalized spacial score (nSPS) is 18.4. The summed E-state index contributed by atoms with van der Waals surface area (Å²) >= 11 is 0. The molecule has 8 heteroatoms. The lowest BCUT2D eigenvalue weighted by Gasteiger charge is -2.12. The molecule has 1 rings (SSSR count). The minimum atomic E-state index is -3.55. The molecular weight excluding hydrogens is 269 g/mol. The molecule has 0 saturated heterocycles. The van der Waals surface area contributed by atoms with Crippen molar-refractivity contribution in [1.29, 1.82) is 0 Å². The lowest BCUT2D eigenvalue weighted by atomic mass is 10.4. The lowest BCUT2D eigenvalue weighted by molar-refractivity contribution is -0.134. The molecule has 16 heavy (non-hydrogen) atoms. The van der Waals surface area contributed by atoms with E-state index in [2.05, 4.69) is 5.32 Å². The van der Waals surface area contributed by atoms with Crippen LogP contribution in [0.25, 0.3) is 0 Å². The first-order valence-electron chi connectivity index (χ1n) is 4.42. The number of carboxylic acids is 1. The Kier molecular flexibility index (Phi) is 5.48. The van der Waals surface area contributed by atoms with Gasteiger partial charge in [-0.05, 0) is 16.9 Å². The molecule has 1 heterocycles. The van der Waals surface area contributed by atoms with Crippen LogP contribution in [-0.4, -0.2) is 34.2 Å². The predicted octanol–water partition coefficient (Wildman–Crippen LogP) is 1.68. The Labute approximate surface area is 101 Å². The maximum Gasteiger partial charge on any atom is 0.313 e. The van der Waals surface area contributed by atoms with Crippen LogP contribution in [0.3, 0.4) is 0 Å². The number of carboxylic acid groups (broad SMARTS) is 1. The van der Waals surface area contributed by atoms with Gasteiger partial charge < -0.3 is 15.3 Å². The fraction of sp³-hybridized carbons (Fsp3) is 0.375. The lowest BCUT2D eigenvalue weighted by Crippen LogP contribution is -2.12. The first-order valence-corrected chi connectivity index (χ1v) is 8.77. The van der Waals surface area contributed by atoms with E-state index in [1.54, 1.807) is 0 Å². The maximum absolute atomic E-state index is 11.4. The second-order valence-corrected chi connectivity index (χ2v) is 8.16. The molecular formula is C8H12NO4PS2. The van der Waals surface area contributed by atoms with Gasteiger partial charge >= 0.3 is 5.97 Å². The highest BCUT2D eigenvalue weighted by Crippen LogP contribution is 2.47. The van der Waals surface area contributed by atoms with Crippen molar-refractivity contribution in [1.82, 2.24) is 5.32 Å². The van der Waals surface area contributed by atoms with E-state index in [0.717, 1.165) is 11.6 Å². The summed E-state index contributed by atoms with van der Waals surface area (Å²) in [5, 5.41) is 12.4. The molecule has 0 aliphatic carbocycles. The quantitative estimate of drug-likeness (QED) is 0.504. The van der Waals surface area contributed by atoms with Crippen LogP contribution in [0, 0.1) is 0 Å². The van der Waals surface area contributed by atoms with Crippen LogP contribution < -0.4 is 5.32 Å². The Hall–Kier alpha value is -0.360. The molecule has 0 spiro atoms. The van der Waals surface area contributed by atoms with Gasteiger partial charge in [-0.2, -0.15) is 0 Å². The minimum absolute atomic E-state index is 0.0628. The van der Waals surface area contributed by atoms with Crippen LogP contribution in [0.2, 0.25) is 0 Å². The third kappa shape index (κ3) is 5.65. The van der Waals surface area contributed by atoms with E-state index >= 15 is 0 Å². The summed E-state index contributed by atoms with van der Waals surface area (Å²) in [6.45, 7) is 0.741. The number of nitrogens with one attached hydrogen (secondary N) is 1. The largest absolute Gasteiger partial charge is 0.481 e. The van der Waals surface area contributed by atoms with Crippen LogP contribution >= 0.6 is 29.0 Å². The average Bonchev–Trinajstić information content (AvgIpc) is 2.16. The van der Waals surface area contributed by atoms with Crippen LogP contribution in [0.4, 0.5) is 0 Å².